The van der Waals surface area contributed by atoms with Crippen molar-refractivity contribution in [2.75, 3.05) is 32.8 Å². The Morgan fingerprint density at radius 3 is 2.90 bits per heavy atom. The van der Waals surface area contributed by atoms with Gasteiger partial charge in [-0.2, -0.15) is 0 Å². The second-order valence-corrected chi connectivity index (χ2v) is 6.15. The largest absolute Gasteiger partial charge is 0.452 e. The van der Waals surface area contributed by atoms with Crippen LogP contribution in [0.4, 0.5) is 4.79 Å². The zero-order chi connectivity index (χ0) is 13.8. The smallest absolute Gasteiger partial charge is 0.383 e. The van der Waals surface area contributed by atoms with Crippen molar-refractivity contribution in [3.63, 3.8) is 0 Å². The van der Waals surface area contributed by atoms with Gasteiger partial charge in [-0.05, 0) is 5.56 Å². The fourth-order valence-corrected chi connectivity index (χ4v) is 3.34. The maximum atomic E-state index is 11.7. The number of rotatable bonds is 3. The molecule has 5 nitrogen and oxygen atoms in total. The molecule has 1 aromatic rings. The van der Waals surface area contributed by atoms with Crippen molar-refractivity contribution >= 4 is 17.2 Å². The number of nitrogens with one attached hydrogen (secondary N) is 1. The molecule has 0 bridgehead atoms. The molecule has 1 N–H and O–H groups in total. The maximum absolute atomic E-state index is 11.7. The summed E-state index contributed by atoms with van der Waals surface area (Å²) in [4.78, 5) is 11.7. The molecule has 2 fully saturated rings. The minimum Gasteiger partial charge on any atom is -0.452 e. The van der Waals surface area contributed by atoms with Gasteiger partial charge in [0.1, 0.15) is 12.2 Å². The summed E-state index contributed by atoms with van der Waals surface area (Å²) < 4.78 is 13.0. The van der Waals surface area contributed by atoms with Gasteiger partial charge in [-0.25, -0.2) is 9.10 Å². The Labute approximate surface area is 122 Å². The first-order valence-electron chi connectivity index (χ1n) is 6.74. The Kier molecular flexibility index (Phi) is 4.26. The third-order valence-electron chi connectivity index (χ3n) is 3.47. The SMILES string of the molecule is O=C(OCc1ccccc1)SN1CC2(CNCCO2)C1. The third kappa shape index (κ3) is 3.32. The van der Waals surface area contributed by atoms with Crippen molar-refractivity contribution in [1.82, 2.24) is 9.62 Å². The highest BCUT2D eigenvalue weighted by atomic mass is 32.2. The molecule has 0 atom stereocenters. The Morgan fingerprint density at radius 2 is 2.20 bits per heavy atom. The Balaban J connectivity index is 1.38. The van der Waals surface area contributed by atoms with Crippen molar-refractivity contribution < 1.29 is 14.3 Å². The van der Waals surface area contributed by atoms with Gasteiger partial charge < -0.3 is 14.8 Å². The predicted molar refractivity (Wildman–Crippen MR) is 77.3 cm³/mol. The number of nitrogens with zero attached hydrogens (tertiary/aromatic N) is 1. The summed E-state index contributed by atoms with van der Waals surface area (Å²) in [5.74, 6) is 0. The molecule has 3 rings (SSSR count). The van der Waals surface area contributed by atoms with Crippen LogP contribution in [0.2, 0.25) is 0 Å². The van der Waals surface area contributed by atoms with Crippen LogP contribution in [-0.4, -0.2) is 48.0 Å². The van der Waals surface area contributed by atoms with Crippen molar-refractivity contribution in [2.24, 2.45) is 0 Å². The molecule has 2 heterocycles. The number of benzene rings is 1. The lowest BCUT2D eigenvalue weighted by molar-refractivity contribution is -0.127. The molecular formula is C14H18N2O3S. The fraction of sp³-hybridized carbons (Fsp3) is 0.500. The van der Waals surface area contributed by atoms with Crippen LogP contribution >= 0.6 is 11.9 Å². The van der Waals surface area contributed by atoms with Gasteiger partial charge in [-0.1, -0.05) is 30.3 Å². The molecule has 20 heavy (non-hydrogen) atoms. The van der Waals surface area contributed by atoms with E-state index in [-0.39, 0.29) is 10.9 Å². The van der Waals surface area contributed by atoms with Crippen LogP contribution in [0.25, 0.3) is 0 Å². The van der Waals surface area contributed by atoms with Crippen LogP contribution in [0.15, 0.2) is 30.3 Å². The second kappa shape index (κ2) is 6.13. The van der Waals surface area contributed by atoms with E-state index < -0.39 is 0 Å². The van der Waals surface area contributed by atoms with E-state index in [0.717, 1.165) is 50.3 Å². The minimum absolute atomic E-state index is 0.0923. The molecule has 2 aliphatic rings. The van der Waals surface area contributed by atoms with Gasteiger partial charge in [0.15, 0.2) is 0 Å². The zero-order valence-corrected chi connectivity index (χ0v) is 12.0. The van der Waals surface area contributed by atoms with Gasteiger partial charge in [-0.3, -0.25) is 0 Å². The number of carbonyl (C=O) groups excluding carboxylic acids is 1. The highest BCUT2D eigenvalue weighted by Crippen LogP contribution is 2.32. The molecule has 0 aliphatic carbocycles. The normalized spacial score (nSPS) is 21.4. The van der Waals surface area contributed by atoms with Crippen molar-refractivity contribution in [3.8, 4) is 0 Å². The molecule has 1 spiro atoms. The van der Waals surface area contributed by atoms with Crippen LogP contribution in [0.1, 0.15) is 5.56 Å². The first-order chi connectivity index (χ1) is 9.76. The van der Waals surface area contributed by atoms with Gasteiger partial charge in [0.05, 0.1) is 6.61 Å². The van der Waals surface area contributed by atoms with Gasteiger partial charge >= 0.3 is 5.30 Å². The van der Waals surface area contributed by atoms with Crippen LogP contribution in [0.5, 0.6) is 0 Å². The zero-order valence-electron chi connectivity index (χ0n) is 11.2. The van der Waals surface area contributed by atoms with Gasteiger partial charge in [-0.15, -0.1) is 0 Å². The van der Waals surface area contributed by atoms with Crippen molar-refractivity contribution in [1.29, 1.82) is 0 Å². The lowest BCUT2D eigenvalue weighted by Gasteiger charge is -2.50. The molecule has 2 aliphatic heterocycles. The first-order valence-corrected chi connectivity index (χ1v) is 7.51. The monoisotopic (exact) mass is 294 g/mol. The van der Waals surface area contributed by atoms with Gasteiger partial charge in [0.2, 0.25) is 0 Å². The quantitative estimate of drug-likeness (QED) is 0.676. The van der Waals surface area contributed by atoms with E-state index in [2.05, 4.69) is 5.32 Å². The summed E-state index contributed by atoms with van der Waals surface area (Å²) in [7, 11) is 0. The molecule has 0 saturated carbocycles. The summed E-state index contributed by atoms with van der Waals surface area (Å²) >= 11 is 1.14. The standard InChI is InChI=1S/C14H18N2O3S/c17-13(18-8-12-4-2-1-3-5-12)20-16-10-14(11-16)9-15-6-7-19-14/h1-5,15H,6-11H2. The maximum Gasteiger partial charge on any atom is 0.383 e. The lowest BCUT2D eigenvalue weighted by atomic mass is 9.96. The number of ether oxygens (including phenoxy) is 2. The molecule has 0 aromatic heterocycles. The summed E-state index contributed by atoms with van der Waals surface area (Å²) in [5.41, 5.74) is 0.909. The molecule has 2 saturated heterocycles. The highest BCUT2D eigenvalue weighted by molar-refractivity contribution is 8.11. The second-order valence-electron chi connectivity index (χ2n) is 5.12. The van der Waals surface area contributed by atoms with E-state index in [1.165, 1.54) is 0 Å². The predicted octanol–water partition coefficient (Wildman–Crippen LogP) is 1.65. The Morgan fingerprint density at radius 1 is 1.40 bits per heavy atom. The molecule has 0 unspecified atom stereocenters. The van der Waals surface area contributed by atoms with Crippen molar-refractivity contribution in [3.05, 3.63) is 35.9 Å². The highest BCUT2D eigenvalue weighted by Gasteiger charge is 2.46. The Hall–Kier alpha value is -1.08. The molecule has 0 radical (unpaired) electrons. The molecular weight excluding hydrogens is 276 g/mol. The number of morpholine rings is 1. The first kappa shape index (κ1) is 13.9. The van der Waals surface area contributed by atoms with E-state index in [9.17, 15) is 4.79 Å². The fourth-order valence-electron chi connectivity index (χ4n) is 2.42. The number of hydrogen-bond acceptors (Lipinski definition) is 6. The van der Waals surface area contributed by atoms with E-state index in [0.29, 0.717) is 6.61 Å². The van der Waals surface area contributed by atoms with E-state index >= 15 is 0 Å². The minimum atomic E-state index is -0.257. The van der Waals surface area contributed by atoms with E-state index in [1.807, 2.05) is 34.6 Å². The number of hydrogen-bond donors (Lipinski definition) is 1. The summed E-state index contributed by atoms with van der Waals surface area (Å²) in [5, 5.41) is 3.06. The lowest BCUT2D eigenvalue weighted by Crippen LogP contribution is -2.67. The summed E-state index contributed by atoms with van der Waals surface area (Å²) in [6.07, 6.45) is 0. The Bertz CT molecular complexity index is 455. The summed E-state index contributed by atoms with van der Waals surface area (Å²) in [6, 6.07) is 9.69. The molecule has 108 valence electrons. The molecule has 1 aromatic carbocycles. The topological polar surface area (TPSA) is 50.8 Å². The van der Waals surface area contributed by atoms with Gasteiger partial charge in [0.25, 0.3) is 0 Å². The van der Waals surface area contributed by atoms with E-state index in [1.54, 1.807) is 0 Å². The van der Waals surface area contributed by atoms with Crippen LogP contribution < -0.4 is 5.32 Å². The average Bonchev–Trinajstić information content (AvgIpc) is 2.46. The van der Waals surface area contributed by atoms with Crippen LogP contribution in [0, 0.1) is 0 Å². The molecule has 6 heteroatoms. The van der Waals surface area contributed by atoms with E-state index in [4.69, 9.17) is 9.47 Å². The molecule has 0 amide bonds. The summed E-state index contributed by atoms with van der Waals surface area (Å²) in [6.45, 7) is 4.38. The van der Waals surface area contributed by atoms with Crippen molar-refractivity contribution in [2.45, 2.75) is 12.2 Å². The average molecular weight is 294 g/mol. The van der Waals surface area contributed by atoms with Crippen LogP contribution in [0.3, 0.4) is 0 Å². The van der Waals surface area contributed by atoms with Gasteiger partial charge in [0, 0.05) is 38.1 Å². The third-order valence-corrected chi connectivity index (χ3v) is 4.25. The van der Waals surface area contributed by atoms with Crippen LogP contribution in [-0.2, 0) is 16.1 Å². The number of carbonyl (C=O) groups is 1.